The fraction of sp³-hybridized carbons (Fsp3) is 0.375. The van der Waals surface area contributed by atoms with E-state index in [0.29, 0.717) is 34.2 Å². The highest BCUT2D eigenvalue weighted by atomic mass is 35.5. The van der Waals surface area contributed by atoms with Crippen molar-refractivity contribution in [3.63, 3.8) is 0 Å². The maximum absolute atomic E-state index is 9.26. The number of nitrogens with zero attached hydrogens (tertiary/aromatic N) is 2. The number of ether oxygens (including phenoxy) is 1. The minimum Gasteiger partial charge on any atom is -0.452 e. The maximum atomic E-state index is 9.26. The van der Waals surface area contributed by atoms with Crippen LogP contribution in [0.5, 0.6) is 11.5 Å². The van der Waals surface area contributed by atoms with Crippen molar-refractivity contribution in [1.29, 1.82) is 0 Å². The summed E-state index contributed by atoms with van der Waals surface area (Å²) in [7, 11) is 0. The van der Waals surface area contributed by atoms with Crippen molar-refractivity contribution in [2.24, 2.45) is 11.8 Å². The van der Waals surface area contributed by atoms with Crippen LogP contribution in [0.4, 0.5) is 11.8 Å². The Morgan fingerprint density at radius 2 is 2.00 bits per heavy atom. The molecule has 23 heavy (non-hydrogen) atoms. The molecule has 0 bridgehead atoms. The van der Waals surface area contributed by atoms with Crippen LogP contribution in [0.1, 0.15) is 12.8 Å². The van der Waals surface area contributed by atoms with Gasteiger partial charge in [0.25, 0.3) is 0 Å². The predicted molar refractivity (Wildman–Crippen MR) is 89.8 cm³/mol. The molecule has 6 nitrogen and oxygen atoms in total. The minimum absolute atomic E-state index is 0.184. The van der Waals surface area contributed by atoms with Gasteiger partial charge in [-0.3, -0.25) is 0 Å². The van der Waals surface area contributed by atoms with Crippen molar-refractivity contribution < 1.29 is 9.84 Å². The lowest BCUT2D eigenvalue weighted by Crippen LogP contribution is -2.34. The van der Waals surface area contributed by atoms with Crippen molar-refractivity contribution in [2.75, 3.05) is 24.2 Å². The van der Waals surface area contributed by atoms with Crippen molar-refractivity contribution in [1.82, 2.24) is 9.97 Å². The second-order valence-corrected chi connectivity index (χ2v) is 6.09. The summed E-state index contributed by atoms with van der Waals surface area (Å²) in [4.78, 5) is 8.19. The second kappa shape index (κ2) is 7.02. The van der Waals surface area contributed by atoms with Crippen LogP contribution >= 0.6 is 11.6 Å². The first-order valence-electron chi connectivity index (χ1n) is 7.56. The summed E-state index contributed by atoms with van der Waals surface area (Å²) >= 11 is 5.87. The van der Waals surface area contributed by atoms with Gasteiger partial charge in [0.2, 0.25) is 5.95 Å². The maximum Gasteiger partial charge on any atom is 0.222 e. The van der Waals surface area contributed by atoms with Gasteiger partial charge in [-0.1, -0.05) is 11.6 Å². The third kappa shape index (κ3) is 3.83. The lowest BCUT2D eigenvalue weighted by Gasteiger charge is -2.35. The number of aromatic nitrogens is 2. The monoisotopic (exact) mass is 334 g/mol. The van der Waals surface area contributed by atoms with Crippen LogP contribution in [0, 0.1) is 11.8 Å². The van der Waals surface area contributed by atoms with Crippen LogP contribution in [-0.2, 0) is 0 Å². The molecule has 0 radical (unpaired) electrons. The molecule has 1 aliphatic carbocycles. The normalized spacial score (nSPS) is 19.9. The summed E-state index contributed by atoms with van der Waals surface area (Å²) in [6, 6.07) is 7.05. The minimum atomic E-state index is 0.184. The molecule has 0 amide bonds. The molecule has 3 rings (SSSR count). The number of rotatable bonds is 6. The van der Waals surface area contributed by atoms with Crippen molar-refractivity contribution in [3.8, 4) is 11.5 Å². The van der Waals surface area contributed by atoms with Gasteiger partial charge in [-0.25, -0.2) is 4.98 Å². The van der Waals surface area contributed by atoms with Crippen LogP contribution < -0.4 is 15.8 Å². The Balaban J connectivity index is 1.71. The van der Waals surface area contributed by atoms with E-state index in [1.165, 1.54) is 0 Å². The summed E-state index contributed by atoms with van der Waals surface area (Å²) in [5.41, 5.74) is 5.67. The van der Waals surface area contributed by atoms with Gasteiger partial charge in [-0.05, 0) is 48.9 Å². The van der Waals surface area contributed by atoms with Crippen LogP contribution in [0.15, 0.2) is 30.5 Å². The van der Waals surface area contributed by atoms with E-state index < -0.39 is 0 Å². The fourth-order valence-electron chi connectivity index (χ4n) is 2.59. The molecule has 122 valence electrons. The lowest BCUT2D eigenvalue weighted by atomic mass is 9.74. The van der Waals surface area contributed by atoms with E-state index >= 15 is 0 Å². The lowest BCUT2D eigenvalue weighted by molar-refractivity contribution is 0.0989. The highest BCUT2D eigenvalue weighted by Gasteiger charge is 2.30. The number of nitrogens with two attached hydrogens (primary N) is 1. The zero-order valence-corrected chi connectivity index (χ0v) is 13.3. The number of hydrogen-bond acceptors (Lipinski definition) is 6. The number of benzene rings is 1. The first-order chi connectivity index (χ1) is 11.2. The molecule has 1 aromatic carbocycles. The highest BCUT2D eigenvalue weighted by molar-refractivity contribution is 6.30. The van der Waals surface area contributed by atoms with Gasteiger partial charge in [-0.15, -0.1) is 0 Å². The number of aliphatic hydroxyl groups is 1. The largest absolute Gasteiger partial charge is 0.452 e. The number of hydrogen-bond donors (Lipinski definition) is 3. The Kier molecular flexibility index (Phi) is 4.83. The summed E-state index contributed by atoms with van der Waals surface area (Å²) in [5.74, 6) is 2.69. The highest BCUT2D eigenvalue weighted by Crippen LogP contribution is 2.35. The molecule has 0 aliphatic heterocycles. The summed E-state index contributed by atoms with van der Waals surface area (Å²) < 4.78 is 5.81. The van der Waals surface area contributed by atoms with E-state index in [2.05, 4.69) is 15.3 Å². The Hall–Kier alpha value is -2.05. The van der Waals surface area contributed by atoms with E-state index in [-0.39, 0.29) is 12.6 Å². The molecular weight excluding hydrogens is 316 g/mol. The molecule has 4 N–H and O–H groups in total. The summed E-state index contributed by atoms with van der Waals surface area (Å²) in [5, 5.41) is 13.2. The molecule has 1 saturated carbocycles. The summed E-state index contributed by atoms with van der Waals surface area (Å²) in [6.07, 6.45) is 3.72. The van der Waals surface area contributed by atoms with Gasteiger partial charge in [0.1, 0.15) is 5.75 Å². The number of nitrogens with one attached hydrogen (secondary N) is 1. The second-order valence-electron chi connectivity index (χ2n) is 5.66. The molecule has 0 unspecified atom stereocenters. The van der Waals surface area contributed by atoms with Crippen LogP contribution in [-0.4, -0.2) is 28.2 Å². The average Bonchev–Trinajstić information content (AvgIpc) is 2.51. The Labute approximate surface area is 139 Å². The van der Waals surface area contributed by atoms with E-state index in [0.717, 1.165) is 19.4 Å². The standard InChI is InChI=1S/C16H19ClN4O2/c17-12-3-5-13(6-4-12)23-14-8-20-16(18)21-15(14)19-7-10-1-2-11(10)9-22/h3-6,8,10-11,22H,1-2,7,9H2,(H3,18,19,20,21)/t10-,11-/m0/s1. The molecule has 2 atom stereocenters. The molecule has 1 heterocycles. The fourth-order valence-corrected chi connectivity index (χ4v) is 2.72. The van der Waals surface area contributed by atoms with Gasteiger partial charge in [-0.2, -0.15) is 4.98 Å². The Morgan fingerprint density at radius 3 is 2.65 bits per heavy atom. The third-order valence-corrected chi connectivity index (χ3v) is 4.41. The van der Waals surface area contributed by atoms with E-state index in [4.69, 9.17) is 22.1 Å². The van der Waals surface area contributed by atoms with Crippen molar-refractivity contribution in [3.05, 3.63) is 35.5 Å². The molecule has 1 fully saturated rings. The van der Waals surface area contributed by atoms with Crippen molar-refractivity contribution >= 4 is 23.4 Å². The number of halogens is 1. The first-order valence-corrected chi connectivity index (χ1v) is 7.94. The zero-order valence-electron chi connectivity index (χ0n) is 12.6. The predicted octanol–water partition coefficient (Wildman–Crippen LogP) is 2.93. The number of nitrogen functional groups attached to an aromatic ring is 1. The van der Waals surface area contributed by atoms with Crippen LogP contribution in [0.3, 0.4) is 0 Å². The number of aliphatic hydroxyl groups excluding tert-OH is 1. The third-order valence-electron chi connectivity index (χ3n) is 4.16. The zero-order chi connectivity index (χ0) is 16.2. The molecule has 0 spiro atoms. The smallest absolute Gasteiger partial charge is 0.222 e. The van der Waals surface area contributed by atoms with E-state index in [1.807, 2.05) is 0 Å². The van der Waals surface area contributed by atoms with E-state index in [9.17, 15) is 5.11 Å². The Bertz CT molecular complexity index is 664. The molecule has 2 aromatic rings. The summed E-state index contributed by atoms with van der Waals surface area (Å²) in [6.45, 7) is 0.949. The van der Waals surface area contributed by atoms with Crippen LogP contribution in [0.2, 0.25) is 5.02 Å². The Morgan fingerprint density at radius 1 is 1.26 bits per heavy atom. The van der Waals surface area contributed by atoms with Gasteiger partial charge in [0.05, 0.1) is 6.20 Å². The first kappa shape index (κ1) is 15.8. The molecule has 0 saturated heterocycles. The quantitative estimate of drug-likeness (QED) is 0.752. The molecular formula is C16H19ClN4O2. The molecule has 1 aromatic heterocycles. The van der Waals surface area contributed by atoms with Crippen molar-refractivity contribution in [2.45, 2.75) is 12.8 Å². The average molecular weight is 335 g/mol. The molecule has 1 aliphatic rings. The molecule has 7 heteroatoms. The van der Waals surface area contributed by atoms with Gasteiger partial charge < -0.3 is 20.9 Å². The number of anilines is 2. The van der Waals surface area contributed by atoms with Gasteiger partial charge in [0, 0.05) is 18.2 Å². The van der Waals surface area contributed by atoms with E-state index in [1.54, 1.807) is 30.5 Å². The SMILES string of the molecule is Nc1ncc(Oc2ccc(Cl)cc2)c(NC[C@@H]2CC[C@H]2CO)n1. The van der Waals surface area contributed by atoms with Gasteiger partial charge in [0.15, 0.2) is 11.6 Å². The van der Waals surface area contributed by atoms with Crippen LogP contribution in [0.25, 0.3) is 0 Å². The topological polar surface area (TPSA) is 93.3 Å². The van der Waals surface area contributed by atoms with Gasteiger partial charge >= 0.3 is 0 Å².